The molecular formula is C43H75NO5S. The van der Waals surface area contributed by atoms with Crippen LogP contribution in [0, 0.1) is 0 Å². The van der Waals surface area contributed by atoms with E-state index in [0.717, 1.165) is 57.8 Å². The van der Waals surface area contributed by atoms with Crippen molar-refractivity contribution >= 4 is 16.0 Å². The van der Waals surface area contributed by atoms with Gasteiger partial charge in [-0.05, 0) is 57.8 Å². The molecule has 0 aromatic heterocycles. The van der Waals surface area contributed by atoms with Gasteiger partial charge in [0.05, 0.1) is 17.9 Å². The van der Waals surface area contributed by atoms with Crippen LogP contribution in [-0.2, 0) is 14.9 Å². The van der Waals surface area contributed by atoms with Gasteiger partial charge in [0.15, 0.2) is 0 Å². The van der Waals surface area contributed by atoms with E-state index in [1.807, 2.05) is 12.2 Å². The second-order valence-electron chi connectivity index (χ2n) is 13.5. The lowest BCUT2D eigenvalue weighted by molar-refractivity contribution is -0.122. The first kappa shape index (κ1) is 47.8. The van der Waals surface area contributed by atoms with E-state index in [0.29, 0.717) is 6.42 Å². The lowest BCUT2D eigenvalue weighted by Gasteiger charge is -2.21. The molecule has 0 aromatic rings. The summed E-state index contributed by atoms with van der Waals surface area (Å²) in [5.74, 6) is -1.06. The molecule has 2 unspecified atom stereocenters. The summed E-state index contributed by atoms with van der Waals surface area (Å²) >= 11 is 0. The molecule has 288 valence electrons. The van der Waals surface area contributed by atoms with Crippen molar-refractivity contribution in [2.45, 2.75) is 187 Å². The highest BCUT2D eigenvalue weighted by molar-refractivity contribution is 7.85. The van der Waals surface area contributed by atoms with Gasteiger partial charge in [-0.1, -0.05) is 183 Å². The Bertz CT molecular complexity index is 1060. The third-order valence-electron chi connectivity index (χ3n) is 8.64. The number of allylic oxidation sites excluding steroid dienone is 11. The quantitative estimate of drug-likeness (QED) is 0.0344. The van der Waals surface area contributed by atoms with Gasteiger partial charge in [-0.25, -0.2) is 0 Å². The number of aliphatic hydroxyl groups excluding tert-OH is 1. The first-order valence-corrected chi connectivity index (χ1v) is 21.7. The zero-order valence-electron chi connectivity index (χ0n) is 32.0. The molecule has 1 amide bonds. The molecule has 0 rings (SSSR count). The van der Waals surface area contributed by atoms with Crippen LogP contribution in [0.15, 0.2) is 72.9 Å². The molecule has 0 saturated heterocycles. The van der Waals surface area contributed by atoms with Crippen molar-refractivity contribution in [3.8, 4) is 0 Å². The predicted octanol–water partition coefficient (Wildman–Crippen LogP) is 11.8. The van der Waals surface area contributed by atoms with Gasteiger partial charge in [0.2, 0.25) is 5.91 Å². The molecule has 2 atom stereocenters. The molecule has 50 heavy (non-hydrogen) atoms. The molecule has 0 aliphatic rings. The van der Waals surface area contributed by atoms with Gasteiger partial charge in [0.25, 0.3) is 10.1 Å². The summed E-state index contributed by atoms with van der Waals surface area (Å²) < 4.78 is 32.5. The summed E-state index contributed by atoms with van der Waals surface area (Å²) in [4.78, 5) is 12.5. The molecule has 3 N–H and O–H groups in total. The summed E-state index contributed by atoms with van der Waals surface area (Å²) in [5.41, 5.74) is 0. The third kappa shape index (κ3) is 37.0. The Kier molecular flexibility index (Phi) is 34.9. The standard InChI is InChI=1S/C43H75NO5S/c1-3-5-7-9-11-13-15-17-19-21-23-24-26-28-30-32-34-36-38-42(45)41(40-50(47,48)49)44-43(46)39-37-35-33-31-29-27-25-22-20-18-16-14-12-10-8-6-4-2/h6,8,12,14,18,20,25,27,31,33,36,38,41-42,45H,3-5,7,9-11,13,15-17,19,21-24,26,28-30,32,34-35,37,39-40H2,1-2H3,(H,44,46)(H,47,48,49)/b8-6-,14-12-,20-18-,27-25-,33-31-,38-36+. The SMILES string of the molecule is CC/C=C\C/C=C\C/C=C\C/C=C\C/C=C\CCCC(=O)NC(CS(=O)(=O)O)C(O)/C=C/CCCCCCCCCCCCCCCCCC. The fourth-order valence-corrected chi connectivity index (χ4v) is 6.39. The Labute approximate surface area is 308 Å². The van der Waals surface area contributed by atoms with Crippen molar-refractivity contribution in [1.29, 1.82) is 0 Å². The third-order valence-corrected chi connectivity index (χ3v) is 9.42. The molecule has 0 saturated carbocycles. The Morgan fingerprint density at radius 3 is 1.40 bits per heavy atom. The fraction of sp³-hybridized carbons (Fsp3) is 0.698. The summed E-state index contributed by atoms with van der Waals surface area (Å²) in [6.45, 7) is 4.40. The number of carbonyl (C=O) groups is 1. The maximum Gasteiger partial charge on any atom is 0.267 e. The zero-order valence-corrected chi connectivity index (χ0v) is 32.8. The second kappa shape index (κ2) is 36.6. The van der Waals surface area contributed by atoms with E-state index in [2.05, 4.69) is 73.8 Å². The van der Waals surface area contributed by atoms with Crippen LogP contribution >= 0.6 is 0 Å². The van der Waals surface area contributed by atoms with Crippen LogP contribution in [0.2, 0.25) is 0 Å². The Morgan fingerprint density at radius 1 is 0.560 bits per heavy atom. The number of nitrogens with one attached hydrogen (secondary N) is 1. The molecule has 0 heterocycles. The monoisotopic (exact) mass is 718 g/mol. The van der Waals surface area contributed by atoms with Gasteiger partial charge >= 0.3 is 0 Å². The highest BCUT2D eigenvalue weighted by Gasteiger charge is 2.24. The van der Waals surface area contributed by atoms with E-state index in [1.165, 1.54) is 96.0 Å². The van der Waals surface area contributed by atoms with Crippen LogP contribution in [0.4, 0.5) is 0 Å². The van der Waals surface area contributed by atoms with Gasteiger partial charge < -0.3 is 10.4 Å². The predicted molar refractivity (Wildman–Crippen MR) is 216 cm³/mol. The zero-order chi connectivity index (χ0) is 36.8. The van der Waals surface area contributed by atoms with E-state index < -0.39 is 28.0 Å². The largest absolute Gasteiger partial charge is 0.387 e. The number of amides is 1. The molecule has 0 bridgehead atoms. The molecule has 7 heteroatoms. The molecule has 0 fully saturated rings. The van der Waals surface area contributed by atoms with Gasteiger partial charge in [-0.3, -0.25) is 9.35 Å². The fourth-order valence-electron chi connectivity index (χ4n) is 5.66. The first-order chi connectivity index (χ1) is 24.3. The van der Waals surface area contributed by atoms with Crippen molar-refractivity contribution in [1.82, 2.24) is 5.32 Å². The van der Waals surface area contributed by atoms with Crippen molar-refractivity contribution in [2.75, 3.05) is 5.75 Å². The van der Waals surface area contributed by atoms with Crippen LogP contribution < -0.4 is 5.32 Å². The second-order valence-corrected chi connectivity index (χ2v) is 15.0. The van der Waals surface area contributed by atoms with Gasteiger partial charge in [0, 0.05) is 6.42 Å². The minimum absolute atomic E-state index is 0.214. The van der Waals surface area contributed by atoms with E-state index in [1.54, 1.807) is 0 Å². The topological polar surface area (TPSA) is 104 Å². The maximum absolute atomic E-state index is 12.5. The van der Waals surface area contributed by atoms with Crippen molar-refractivity contribution in [2.24, 2.45) is 0 Å². The Balaban J connectivity index is 4.05. The Morgan fingerprint density at radius 2 is 0.960 bits per heavy atom. The average Bonchev–Trinajstić information content (AvgIpc) is 3.08. The summed E-state index contributed by atoms with van der Waals surface area (Å²) in [7, 11) is -4.37. The molecule has 0 aromatic carbocycles. The molecule has 0 aliphatic carbocycles. The minimum atomic E-state index is -4.37. The molecule has 0 radical (unpaired) electrons. The molecular weight excluding hydrogens is 643 g/mol. The number of hydrogen-bond donors (Lipinski definition) is 3. The smallest absolute Gasteiger partial charge is 0.267 e. The Hall–Kier alpha value is -2.22. The van der Waals surface area contributed by atoms with Crippen LogP contribution in [0.3, 0.4) is 0 Å². The molecule has 0 aliphatic heterocycles. The normalized spacial score (nSPS) is 14.1. The number of hydrogen-bond acceptors (Lipinski definition) is 4. The number of unbranched alkanes of at least 4 members (excludes halogenated alkanes) is 17. The summed E-state index contributed by atoms with van der Waals surface area (Å²) in [6, 6.07) is -1.09. The van der Waals surface area contributed by atoms with Crippen LogP contribution in [0.1, 0.15) is 174 Å². The van der Waals surface area contributed by atoms with Crippen LogP contribution in [0.5, 0.6) is 0 Å². The van der Waals surface area contributed by atoms with E-state index in [4.69, 9.17) is 0 Å². The van der Waals surface area contributed by atoms with E-state index in [-0.39, 0.29) is 12.3 Å². The number of aliphatic hydroxyl groups is 1. The van der Waals surface area contributed by atoms with E-state index >= 15 is 0 Å². The van der Waals surface area contributed by atoms with E-state index in [9.17, 15) is 22.9 Å². The molecule has 6 nitrogen and oxygen atoms in total. The van der Waals surface area contributed by atoms with Crippen molar-refractivity contribution < 1.29 is 22.9 Å². The summed E-state index contributed by atoms with van der Waals surface area (Å²) in [6.07, 6.45) is 51.8. The summed E-state index contributed by atoms with van der Waals surface area (Å²) in [5, 5.41) is 13.2. The van der Waals surface area contributed by atoms with Gasteiger partial charge in [-0.15, -0.1) is 0 Å². The lowest BCUT2D eigenvalue weighted by atomic mass is 10.0. The lowest BCUT2D eigenvalue weighted by Crippen LogP contribution is -2.46. The van der Waals surface area contributed by atoms with Gasteiger partial charge in [0.1, 0.15) is 0 Å². The number of carbonyl (C=O) groups excluding carboxylic acids is 1. The highest BCUT2D eigenvalue weighted by atomic mass is 32.2. The first-order valence-electron chi connectivity index (χ1n) is 20.1. The maximum atomic E-state index is 12.5. The molecule has 0 spiro atoms. The van der Waals surface area contributed by atoms with Crippen LogP contribution in [-0.4, -0.2) is 41.9 Å². The average molecular weight is 718 g/mol. The number of rotatable bonds is 35. The van der Waals surface area contributed by atoms with Crippen LogP contribution in [0.25, 0.3) is 0 Å². The van der Waals surface area contributed by atoms with Crippen molar-refractivity contribution in [3.05, 3.63) is 72.9 Å². The highest BCUT2D eigenvalue weighted by Crippen LogP contribution is 2.14. The van der Waals surface area contributed by atoms with Crippen molar-refractivity contribution in [3.63, 3.8) is 0 Å². The van der Waals surface area contributed by atoms with Gasteiger partial charge in [-0.2, -0.15) is 8.42 Å². The minimum Gasteiger partial charge on any atom is -0.387 e.